The van der Waals surface area contributed by atoms with Gasteiger partial charge >= 0.3 is 6.09 Å². The molecule has 0 saturated carbocycles. The Morgan fingerprint density at radius 3 is 2.68 bits per heavy atom. The number of likely N-dealkylation sites (tertiary alicyclic amines) is 1. The fourth-order valence-corrected chi connectivity index (χ4v) is 4.21. The molecule has 0 spiro atoms. The number of nitrogens with zero attached hydrogens (tertiary/aromatic N) is 7. The number of anilines is 1. The first-order valence-corrected chi connectivity index (χ1v) is 11.0. The second kappa shape index (κ2) is 8.61. The number of nitrogens with one attached hydrogen (secondary N) is 1. The summed E-state index contributed by atoms with van der Waals surface area (Å²) in [5.74, 6) is -0.129. The number of benzene rings is 1. The Bertz CT molecular complexity index is 1230. The molecular formula is C22H24N8O4. The van der Waals surface area contributed by atoms with Crippen molar-refractivity contribution in [3.63, 3.8) is 0 Å². The molecule has 34 heavy (non-hydrogen) atoms. The summed E-state index contributed by atoms with van der Waals surface area (Å²) >= 11 is 0. The largest absolute Gasteiger partial charge is 0.465 e. The Kier molecular flexibility index (Phi) is 5.48. The third-order valence-corrected chi connectivity index (χ3v) is 6.18. The molecular weight excluding hydrogens is 440 g/mol. The highest BCUT2D eigenvalue weighted by Gasteiger charge is 2.36. The number of carbonyl (C=O) groups is 3. The number of aromatic nitrogens is 5. The molecule has 0 bridgehead atoms. The number of aryl methyl sites for hydroxylation is 1. The average molecular weight is 464 g/mol. The van der Waals surface area contributed by atoms with Gasteiger partial charge in [0, 0.05) is 38.7 Å². The van der Waals surface area contributed by atoms with Crippen molar-refractivity contribution in [2.24, 2.45) is 0 Å². The molecule has 2 aliphatic rings. The zero-order valence-corrected chi connectivity index (χ0v) is 18.5. The number of fused-ring (bicyclic) bond motifs is 1. The first-order valence-electron chi connectivity index (χ1n) is 11.0. The summed E-state index contributed by atoms with van der Waals surface area (Å²) in [6.07, 6.45) is 0.911. The van der Waals surface area contributed by atoms with Crippen molar-refractivity contribution < 1.29 is 19.5 Å². The summed E-state index contributed by atoms with van der Waals surface area (Å²) in [5, 5.41) is 20.6. The Morgan fingerprint density at radius 2 is 1.94 bits per heavy atom. The van der Waals surface area contributed by atoms with Crippen LogP contribution in [0.3, 0.4) is 0 Å². The van der Waals surface area contributed by atoms with Crippen LogP contribution >= 0.6 is 0 Å². The lowest BCUT2D eigenvalue weighted by Crippen LogP contribution is -2.48. The van der Waals surface area contributed by atoms with Crippen LogP contribution in [0, 0.1) is 0 Å². The second-order valence-electron chi connectivity index (χ2n) is 8.50. The van der Waals surface area contributed by atoms with Crippen molar-refractivity contribution in [2.45, 2.75) is 31.5 Å². The third kappa shape index (κ3) is 4.09. The van der Waals surface area contributed by atoms with Crippen molar-refractivity contribution in [3.8, 4) is 0 Å². The molecule has 3 amide bonds. The molecule has 0 aliphatic carbocycles. The van der Waals surface area contributed by atoms with Gasteiger partial charge in [0.1, 0.15) is 18.2 Å². The highest BCUT2D eigenvalue weighted by molar-refractivity contribution is 6.00. The summed E-state index contributed by atoms with van der Waals surface area (Å²) in [7, 11) is 1.64. The van der Waals surface area contributed by atoms with Gasteiger partial charge in [-0.05, 0) is 12.0 Å². The minimum atomic E-state index is -0.942. The zero-order chi connectivity index (χ0) is 23.8. The van der Waals surface area contributed by atoms with Gasteiger partial charge in [0.25, 0.3) is 11.8 Å². The summed E-state index contributed by atoms with van der Waals surface area (Å²) < 4.78 is 3.31. The fourth-order valence-electron chi connectivity index (χ4n) is 4.21. The number of rotatable bonds is 5. The molecule has 1 atom stereocenters. The first-order chi connectivity index (χ1) is 16.4. The maximum atomic E-state index is 13.1. The van der Waals surface area contributed by atoms with E-state index in [1.54, 1.807) is 16.4 Å². The molecule has 2 N–H and O–H groups in total. The van der Waals surface area contributed by atoms with Gasteiger partial charge in [-0.25, -0.2) is 19.1 Å². The van der Waals surface area contributed by atoms with Crippen molar-refractivity contribution in [3.05, 3.63) is 59.8 Å². The highest BCUT2D eigenvalue weighted by Crippen LogP contribution is 2.30. The van der Waals surface area contributed by atoms with Crippen LogP contribution in [-0.2, 0) is 17.9 Å². The first kappa shape index (κ1) is 21.6. The third-order valence-electron chi connectivity index (χ3n) is 6.18. The summed E-state index contributed by atoms with van der Waals surface area (Å²) in [6.45, 7) is 1.71. The normalized spacial score (nSPS) is 18.3. The van der Waals surface area contributed by atoms with E-state index in [9.17, 15) is 14.4 Å². The minimum Gasteiger partial charge on any atom is -0.465 e. The van der Waals surface area contributed by atoms with E-state index in [-0.39, 0.29) is 17.6 Å². The summed E-state index contributed by atoms with van der Waals surface area (Å²) in [4.78, 5) is 43.7. The van der Waals surface area contributed by atoms with E-state index in [2.05, 4.69) is 20.5 Å². The standard InChI is InChI=1S/C22H24N8O4/c1-27-18-9-17(15-11-28(12-15)22(33)34)25-30(18)8-7-16(21(27)32)24-20(31)19-23-13-29(26-19)10-14-5-3-2-4-6-14/h2-6,9,13,15-16H,7-8,10-12H2,1H3,(H,24,31)(H,33,34)/t16-/m1/s1. The number of likely N-dealkylation sites (N-methyl/N-ethyl adjacent to an activating group) is 1. The average Bonchev–Trinajstić information content (AvgIpc) is 3.40. The van der Waals surface area contributed by atoms with Crippen LogP contribution in [-0.4, -0.2) is 78.6 Å². The zero-order valence-electron chi connectivity index (χ0n) is 18.5. The van der Waals surface area contributed by atoms with Gasteiger partial charge in [-0.3, -0.25) is 14.5 Å². The molecule has 0 unspecified atom stereocenters. The second-order valence-corrected chi connectivity index (χ2v) is 8.50. The molecule has 2 aliphatic heterocycles. The van der Waals surface area contributed by atoms with Crippen LogP contribution in [0.1, 0.15) is 34.2 Å². The number of carboxylic acid groups (broad SMARTS) is 1. The van der Waals surface area contributed by atoms with Crippen LogP contribution < -0.4 is 10.2 Å². The molecule has 1 fully saturated rings. The van der Waals surface area contributed by atoms with Crippen LogP contribution in [0.15, 0.2) is 42.7 Å². The molecule has 1 saturated heterocycles. The van der Waals surface area contributed by atoms with E-state index in [1.165, 1.54) is 16.1 Å². The molecule has 176 valence electrons. The molecule has 3 aromatic rings. The molecule has 4 heterocycles. The van der Waals surface area contributed by atoms with Gasteiger partial charge in [-0.1, -0.05) is 30.3 Å². The fraction of sp³-hybridized carbons (Fsp3) is 0.364. The van der Waals surface area contributed by atoms with E-state index in [0.29, 0.717) is 38.4 Å². The van der Waals surface area contributed by atoms with Crippen LogP contribution in [0.2, 0.25) is 0 Å². The Morgan fingerprint density at radius 1 is 1.18 bits per heavy atom. The van der Waals surface area contributed by atoms with Gasteiger partial charge in [-0.2, -0.15) is 5.10 Å². The summed E-state index contributed by atoms with van der Waals surface area (Å²) in [5.41, 5.74) is 1.80. The number of carbonyl (C=O) groups excluding carboxylic acids is 2. The molecule has 1 aromatic carbocycles. The highest BCUT2D eigenvalue weighted by atomic mass is 16.4. The van der Waals surface area contributed by atoms with E-state index < -0.39 is 18.0 Å². The van der Waals surface area contributed by atoms with Crippen LogP contribution in [0.4, 0.5) is 10.6 Å². The molecule has 12 nitrogen and oxygen atoms in total. The Labute approximate surface area is 194 Å². The number of hydrogen-bond donors (Lipinski definition) is 2. The molecule has 2 aromatic heterocycles. The van der Waals surface area contributed by atoms with Crippen LogP contribution in [0.25, 0.3) is 0 Å². The van der Waals surface area contributed by atoms with Gasteiger partial charge in [-0.15, -0.1) is 5.10 Å². The number of hydrogen-bond acceptors (Lipinski definition) is 6. The lowest BCUT2D eigenvalue weighted by atomic mass is 9.97. The van der Waals surface area contributed by atoms with Gasteiger partial charge in [0.05, 0.1) is 12.2 Å². The number of amides is 3. The van der Waals surface area contributed by atoms with E-state index in [0.717, 1.165) is 11.3 Å². The Balaban J connectivity index is 1.22. The summed E-state index contributed by atoms with van der Waals surface area (Å²) in [6, 6.07) is 10.8. The van der Waals surface area contributed by atoms with Crippen molar-refractivity contribution >= 4 is 23.7 Å². The van der Waals surface area contributed by atoms with Crippen LogP contribution in [0.5, 0.6) is 0 Å². The van der Waals surface area contributed by atoms with Crippen molar-refractivity contribution in [2.75, 3.05) is 25.0 Å². The maximum Gasteiger partial charge on any atom is 0.407 e. The van der Waals surface area contributed by atoms with E-state index in [4.69, 9.17) is 5.11 Å². The SMILES string of the molecule is CN1C(=O)[C@H](NC(=O)c2ncn(Cc3ccccc3)n2)CCn2nc(C3CN(C(=O)O)C3)cc21. The molecule has 5 rings (SSSR count). The monoisotopic (exact) mass is 464 g/mol. The maximum absolute atomic E-state index is 13.1. The van der Waals surface area contributed by atoms with Gasteiger partial charge < -0.3 is 15.3 Å². The minimum absolute atomic E-state index is 0.00335. The predicted octanol–water partition coefficient (Wildman–Crippen LogP) is 0.765. The van der Waals surface area contributed by atoms with Gasteiger partial charge in [0.2, 0.25) is 5.82 Å². The predicted molar refractivity (Wildman–Crippen MR) is 119 cm³/mol. The van der Waals surface area contributed by atoms with E-state index >= 15 is 0 Å². The lowest BCUT2D eigenvalue weighted by Gasteiger charge is -2.35. The lowest BCUT2D eigenvalue weighted by molar-refractivity contribution is -0.120. The quantitative estimate of drug-likeness (QED) is 0.569. The van der Waals surface area contributed by atoms with E-state index in [1.807, 2.05) is 36.4 Å². The smallest absolute Gasteiger partial charge is 0.407 e. The topological polar surface area (TPSA) is 138 Å². The molecule has 0 radical (unpaired) electrons. The van der Waals surface area contributed by atoms with Crippen molar-refractivity contribution in [1.29, 1.82) is 0 Å². The van der Waals surface area contributed by atoms with Crippen molar-refractivity contribution in [1.82, 2.24) is 34.8 Å². The van der Waals surface area contributed by atoms with Gasteiger partial charge in [0.15, 0.2) is 0 Å². The Hall–Kier alpha value is -4.22. The molecule has 12 heteroatoms.